The summed E-state index contributed by atoms with van der Waals surface area (Å²) >= 11 is 6.01. The first-order valence-corrected chi connectivity index (χ1v) is 15.3. The number of nitrogens with zero attached hydrogens (tertiary/aromatic N) is 2. The highest BCUT2D eigenvalue weighted by molar-refractivity contribution is 7.92. The first kappa shape index (κ1) is 32.0. The van der Waals surface area contributed by atoms with Crippen molar-refractivity contribution in [2.24, 2.45) is 0 Å². The zero-order valence-corrected chi connectivity index (χ0v) is 25.7. The Labute approximate surface area is 248 Å². The van der Waals surface area contributed by atoms with E-state index in [9.17, 15) is 18.0 Å². The van der Waals surface area contributed by atoms with Crippen molar-refractivity contribution in [2.45, 2.75) is 57.5 Å². The van der Waals surface area contributed by atoms with Crippen LogP contribution in [0.5, 0.6) is 5.75 Å². The number of hydrogen-bond donors (Lipinski definition) is 1. The maximum atomic E-state index is 14.0. The average molecular weight is 600 g/mol. The van der Waals surface area contributed by atoms with Crippen LogP contribution in [0.1, 0.15) is 40.2 Å². The first-order chi connectivity index (χ1) is 19.3. The van der Waals surface area contributed by atoms with Crippen molar-refractivity contribution in [1.29, 1.82) is 0 Å². The number of hydrogen-bond acceptors (Lipinski definition) is 5. The summed E-state index contributed by atoms with van der Waals surface area (Å²) < 4.78 is 34.3. The van der Waals surface area contributed by atoms with Crippen molar-refractivity contribution in [1.82, 2.24) is 10.2 Å². The van der Waals surface area contributed by atoms with E-state index in [1.165, 1.54) is 29.2 Å². The number of ether oxygens (including phenoxy) is 1. The van der Waals surface area contributed by atoms with Gasteiger partial charge in [0.25, 0.3) is 10.0 Å². The number of amides is 2. The highest BCUT2D eigenvalue weighted by Gasteiger charge is 2.33. The predicted octanol–water partition coefficient (Wildman–Crippen LogP) is 5.31. The molecule has 10 heteroatoms. The molecule has 0 bridgehead atoms. The Morgan fingerprint density at radius 2 is 1.56 bits per heavy atom. The van der Waals surface area contributed by atoms with Gasteiger partial charge in [-0.25, -0.2) is 8.42 Å². The van der Waals surface area contributed by atoms with Gasteiger partial charge in [-0.2, -0.15) is 0 Å². The zero-order valence-electron chi connectivity index (χ0n) is 24.1. The van der Waals surface area contributed by atoms with Crippen LogP contribution >= 0.6 is 11.6 Å². The quantitative estimate of drug-likeness (QED) is 0.304. The molecule has 41 heavy (non-hydrogen) atoms. The van der Waals surface area contributed by atoms with Crippen LogP contribution in [0.3, 0.4) is 0 Å². The third kappa shape index (κ3) is 8.96. The molecule has 220 valence electrons. The average Bonchev–Trinajstić information content (AvgIpc) is 2.92. The standard InChI is InChI=1S/C31H38ClN3O5S/c1-6-40-27-16-14-26(15-17-27)35(41(38,39)28-18-12-25(32)13-19-28)22-29(36)34(21-20-24-10-8-7-9-11-24)23(2)30(37)33-31(3,4)5/h7-19,23H,6,20-22H2,1-5H3,(H,33,37). The minimum Gasteiger partial charge on any atom is -0.494 e. The van der Waals surface area contributed by atoms with Gasteiger partial charge in [0.2, 0.25) is 11.8 Å². The topological polar surface area (TPSA) is 96.0 Å². The molecule has 1 N–H and O–H groups in total. The monoisotopic (exact) mass is 599 g/mol. The maximum Gasteiger partial charge on any atom is 0.264 e. The van der Waals surface area contributed by atoms with Crippen LogP contribution in [-0.2, 0) is 26.0 Å². The van der Waals surface area contributed by atoms with Gasteiger partial charge in [-0.15, -0.1) is 0 Å². The van der Waals surface area contributed by atoms with Crippen LogP contribution in [0.15, 0.2) is 83.8 Å². The fraction of sp³-hybridized carbons (Fsp3) is 0.355. The second kappa shape index (κ2) is 13.9. The Morgan fingerprint density at radius 1 is 0.951 bits per heavy atom. The van der Waals surface area contributed by atoms with Crippen LogP contribution in [0.2, 0.25) is 5.02 Å². The minimum absolute atomic E-state index is 0.0158. The molecule has 1 atom stereocenters. The summed E-state index contributed by atoms with van der Waals surface area (Å²) in [4.78, 5) is 28.5. The van der Waals surface area contributed by atoms with Crippen molar-refractivity contribution in [2.75, 3.05) is 24.0 Å². The number of anilines is 1. The lowest BCUT2D eigenvalue weighted by Crippen LogP contribution is -2.55. The number of nitrogens with one attached hydrogen (secondary N) is 1. The number of carbonyl (C=O) groups excluding carboxylic acids is 2. The second-order valence-electron chi connectivity index (χ2n) is 10.6. The molecule has 0 heterocycles. The molecular weight excluding hydrogens is 562 g/mol. The summed E-state index contributed by atoms with van der Waals surface area (Å²) in [6, 6.07) is 21.0. The van der Waals surface area contributed by atoms with E-state index in [-0.39, 0.29) is 23.0 Å². The van der Waals surface area contributed by atoms with Crippen LogP contribution < -0.4 is 14.4 Å². The van der Waals surface area contributed by atoms with E-state index in [1.807, 2.05) is 58.0 Å². The molecule has 8 nitrogen and oxygen atoms in total. The van der Waals surface area contributed by atoms with Gasteiger partial charge >= 0.3 is 0 Å². The molecule has 0 radical (unpaired) electrons. The Bertz CT molecular complexity index is 1410. The van der Waals surface area contributed by atoms with Gasteiger partial charge in [0.05, 0.1) is 17.2 Å². The summed E-state index contributed by atoms with van der Waals surface area (Å²) in [5, 5.41) is 3.31. The molecule has 0 fully saturated rings. The molecule has 3 aromatic carbocycles. The van der Waals surface area contributed by atoms with Crippen LogP contribution in [-0.4, -0.2) is 56.4 Å². The summed E-state index contributed by atoms with van der Waals surface area (Å²) in [6.45, 7) is 9.25. The Balaban J connectivity index is 1.99. The van der Waals surface area contributed by atoms with Crippen molar-refractivity contribution in [3.05, 3.63) is 89.4 Å². The molecule has 0 aromatic heterocycles. The van der Waals surface area contributed by atoms with Gasteiger partial charge in [0.15, 0.2) is 0 Å². The largest absolute Gasteiger partial charge is 0.494 e. The van der Waals surface area contributed by atoms with Crippen LogP contribution in [0.4, 0.5) is 5.69 Å². The lowest BCUT2D eigenvalue weighted by molar-refractivity contribution is -0.139. The summed E-state index contributed by atoms with van der Waals surface area (Å²) in [5.41, 5.74) is 0.767. The predicted molar refractivity (Wildman–Crippen MR) is 163 cm³/mol. The van der Waals surface area contributed by atoms with Crippen molar-refractivity contribution in [3.8, 4) is 5.75 Å². The highest BCUT2D eigenvalue weighted by Crippen LogP contribution is 2.27. The number of sulfonamides is 1. The van der Waals surface area contributed by atoms with Gasteiger partial charge in [-0.1, -0.05) is 41.9 Å². The van der Waals surface area contributed by atoms with Gasteiger partial charge < -0.3 is 15.0 Å². The molecule has 1 unspecified atom stereocenters. The Hall–Kier alpha value is -3.56. The number of benzene rings is 3. The molecule has 3 rings (SSSR count). The minimum atomic E-state index is -4.18. The molecule has 2 amide bonds. The van der Waals surface area contributed by atoms with E-state index in [4.69, 9.17) is 16.3 Å². The summed E-state index contributed by atoms with van der Waals surface area (Å²) in [5.74, 6) is -0.264. The van der Waals surface area contributed by atoms with E-state index in [1.54, 1.807) is 31.2 Å². The number of halogens is 1. The Kier molecular flexibility index (Phi) is 10.8. The van der Waals surface area contributed by atoms with E-state index in [0.29, 0.717) is 23.8 Å². The zero-order chi connectivity index (χ0) is 30.2. The normalized spacial score (nSPS) is 12.3. The Morgan fingerprint density at radius 3 is 2.12 bits per heavy atom. The van der Waals surface area contributed by atoms with Crippen molar-refractivity contribution < 1.29 is 22.7 Å². The van der Waals surface area contributed by atoms with E-state index >= 15 is 0 Å². The molecular formula is C31H38ClN3O5S. The van der Waals surface area contributed by atoms with Crippen LogP contribution in [0.25, 0.3) is 0 Å². The fourth-order valence-electron chi connectivity index (χ4n) is 4.18. The molecule has 3 aromatic rings. The highest BCUT2D eigenvalue weighted by atomic mass is 35.5. The van der Waals surface area contributed by atoms with E-state index < -0.39 is 34.1 Å². The van der Waals surface area contributed by atoms with Crippen molar-refractivity contribution >= 4 is 39.1 Å². The summed E-state index contributed by atoms with van der Waals surface area (Å²) in [7, 11) is -4.18. The van der Waals surface area contributed by atoms with Gasteiger partial charge in [-0.05, 0) is 95.1 Å². The number of rotatable bonds is 12. The first-order valence-electron chi connectivity index (χ1n) is 13.5. The van der Waals surface area contributed by atoms with E-state index in [0.717, 1.165) is 9.87 Å². The lowest BCUT2D eigenvalue weighted by Gasteiger charge is -2.33. The molecule has 0 saturated heterocycles. The summed E-state index contributed by atoms with van der Waals surface area (Å²) in [6.07, 6.45) is 0.493. The van der Waals surface area contributed by atoms with E-state index in [2.05, 4.69) is 5.32 Å². The number of carbonyl (C=O) groups is 2. The molecule has 0 aliphatic heterocycles. The molecule has 0 spiro atoms. The smallest absolute Gasteiger partial charge is 0.264 e. The third-order valence-electron chi connectivity index (χ3n) is 6.27. The van der Waals surface area contributed by atoms with Gasteiger partial charge in [0, 0.05) is 17.1 Å². The van der Waals surface area contributed by atoms with Crippen molar-refractivity contribution in [3.63, 3.8) is 0 Å². The fourth-order valence-corrected chi connectivity index (χ4v) is 5.72. The lowest BCUT2D eigenvalue weighted by atomic mass is 10.1. The SMILES string of the molecule is CCOc1ccc(N(CC(=O)N(CCc2ccccc2)C(C)C(=O)NC(C)(C)C)S(=O)(=O)c2ccc(Cl)cc2)cc1. The maximum absolute atomic E-state index is 14.0. The second-order valence-corrected chi connectivity index (χ2v) is 12.9. The third-order valence-corrected chi connectivity index (χ3v) is 8.31. The van der Waals surface area contributed by atoms with Crippen LogP contribution in [0, 0.1) is 0 Å². The molecule has 0 aliphatic rings. The molecule has 0 saturated carbocycles. The van der Waals surface area contributed by atoms with Gasteiger partial charge in [-0.3, -0.25) is 13.9 Å². The van der Waals surface area contributed by atoms with Gasteiger partial charge in [0.1, 0.15) is 18.3 Å². The molecule has 0 aliphatic carbocycles.